The van der Waals surface area contributed by atoms with E-state index >= 15 is 0 Å². The van der Waals surface area contributed by atoms with Gasteiger partial charge in [-0.1, -0.05) is 6.92 Å². The topological polar surface area (TPSA) is 0 Å². The molecule has 15 heavy (non-hydrogen) atoms. The second-order valence-corrected chi connectivity index (χ2v) is 4.54. The van der Waals surface area contributed by atoms with Crippen molar-refractivity contribution in [3.8, 4) is 0 Å². The molecule has 3 unspecified atom stereocenters. The predicted octanol–water partition coefficient (Wildman–Crippen LogP) is 4.04. The summed E-state index contributed by atoms with van der Waals surface area (Å²) in [5.74, 6) is -2.40. The van der Waals surface area contributed by atoms with Crippen LogP contribution in [-0.2, 0) is 0 Å². The van der Waals surface area contributed by atoms with E-state index < -0.39 is 22.8 Å². The maximum absolute atomic E-state index is 13.3. The SMILES string of the molecule is CC1CC1C(Cl)c1cc(F)c(F)cc1F. The van der Waals surface area contributed by atoms with Crippen LogP contribution in [-0.4, -0.2) is 0 Å². The molecule has 0 heterocycles. The monoisotopic (exact) mass is 234 g/mol. The van der Waals surface area contributed by atoms with Gasteiger partial charge in [0.25, 0.3) is 0 Å². The molecule has 0 aromatic heterocycles. The average molecular weight is 235 g/mol. The van der Waals surface area contributed by atoms with Crippen LogP contribution < -0.4 is 0 Å². The molecule has 0 N–H and O–H groups in total. The molecule has 0 amide bonds. The highest BCUT2D eigenvalue weighted by Crippen LogP contribution is 2.50. The van der Waals surface area contributed by atoms with Crippen molar-refractivity contribution in [3.05, 3.63) is 35.1 Å². The zero-order valence-corrected chi connectivity index (χ0v) is 8.86. The number of hydrogen-bond acceptors (Lipinski definition) is 0. The highest BCUT2D eigenvalue weighted by molar-refractivity contribution is 6.21. The van der Waals surface area contributed by atoms with Crippen molar-refractivity contribution >= 4 is 11.6 Å². The minimum atomic E-state index is -1.18. The molecule has 4 heteroatoms. The Morgan fingerprint density at radius 2 is 1.73 bits per heavy atom. The fourth-order valence-corrected chi connectivity index (χ4v) is 2.26. The van der Waals surface area contributed by atoms with E-state index in [0.29, 0.717) is 12.0 Å². The number of benzene rings is 1. The molecule has 0 spiro atoms. The van der Waals surface area contributed by atoms with Gasteiger partial charge in [-0.05, 0) is 24.3 Å². The minimum Gasteiger partial charge on any atom is -0.207 e. The van der Waals surface area contributed by atoms with Gasteiger partial charge in [0.1, 0.15) is 5.82 Å². The van der Waals surface area contributed by atoms with Crippen molar-refractivity contribution in [2.45, 2.75) is 18.7 Å². The second-order valence-electron chi connectivity index (χ2n) is 4.07. The lowest BCUT2D eigenvalue weighted by Crippen LogP contribution is -2.01. The zero-order chi connectivity index (χ0) is 11.2. The largest absolute Gasteiger partial charge is 0.207 e. The predicted molar refractivity (Wildman–Crippen MR) is 52.2 cm³/mol. The third kappa shape index (κ3) is 1.98. The molecule has 2 rings (SSSR count). The van der Waals surface area contributed by atoms with E-state index in [1.54, 1.807) is 0 Å². The van der Waals surface area contributed by atoms with Crippen LogP contribution in [0.5, 0.6) is 0 Å². The first kappa shape index (κ1) is 10.8. The molecule has 1 aliphatic rings. The summed E-state index contributed by atoms with van der Waals surface area (Å²) in [5, 5.41) is -0.560. The lowest BCUT2D eigenvalue weighted by atomic mass is 10.1. The smallest absolute Gasteiger partial charge is 0.161 e. The lowest BCUT2D eigenvalue weighted by Gasteiger charge is -2.10. The second kappa shape index (κ2) is 3.71. The minimum absolute atomic E-state index is 0.0601. The van der Waals surface area contributed by atoms with Gasteiger partial charge in [0.05, 0.1) is 5.38 Å². The van der Waals surface area contributed by atoms with Gasteiger partial charge in [-0.15, -0.1) is 11.6 Å². The molecule has 82 valence electrons. The van der Waals surface area contributed by atoms with Crippen molar-refractivity contribution in [1.29, 1.82) is 0 Å². The molecular weight excluding hydrogens is 225 g/mol. The molecule has 1 fully saturated rings. The van der Waals surface area contributed by atoms with Gasteiger partial charge >= 0.3 is 0 Å². The van der Waals surface area contributed by atoms with Gasteiger partial charge in [0.2, 0.25) is 0 Å². The van der Waals surface area contributed by atoms with Gasteiger partial charge in [0, 0.05) is 11.6 Å². The van der Waals surface area contributed by atoms with Gasteiger partial charge in [-0.3, -0.25) is 0 Å². The highest BCUT2D eigenvalue weighted by Gasteiger charge is 2.40. The molecule has 1 aliphatic carbocycles. The maximum Gasteiger partial charge on any atom is 0.161 e. The number of rotatable bonds is 2. The summed E-state index contributed by atoms with van der Waals surface area (Å²) in [6.45, 7) is 2.00. The fourth-order valence-electron chi connectivity index (χ4n) is 1.74. The van der Waals surface area contributed by atoms with Crippen molar-refractivity contribution in [1.82, 2.24) is 0 Å². The van der Waals surface area contributed by atoms with Crippen LogP contribution in [0.4, 0.5) is 13.2 Å². The van der Waals surface area contributed by atoms with Crippen LogP contribution in [0.3, 0.4) is 0 Å². The standard InChI is InChI=1S/C11H10ClF3/c1-5-2-6(5)11(12)7-3-9(14)10(15)4-8(7)13/h3-6,11H,2H2,1H3. The van der Waals surface area contributed by atoms with E-state index in [9.17, 15) is 13.2 Å². The van der Waals surface area contributed by atoms with Gasteiger partial charge in [0.15, 0.2) is 11.6 Å². The molecule has 1 saturated carbocycles. The van der Waals surface area contributed by atoms with Crippen molar-refractivity contribution < 1.29 is 13.2 Å². The summed E-state index contributed by atoms with van der Waals surface area (Å²) in [5.41, 5.74) is 0.0601. The molecule has 1 aromatic carbocycles. The highest BCUT2D eigenvalue weighted by atomic mass is 35.5. The third-order valence-corrected chi connectivity index (χ3v) is 3.44. The van der Waals surface area contributed by atoms with E-state index in [-0.39, 0.29) is 11.5 Å². The summed E-state index contributed by atoms with van der Waals surface area (Å²) >= 11 is 6.00. The molecular formula is C11H10ClF3. The summed E-state index contributed by atoms with van der Waals surface area (Å²) in [7, 11) is 0. The molecule has 0 aliphatic heterocycles. The van der Waals surface area contributed by atoms with E-state index in [1.807, 2.05) is 6.92 Å². The Labute approximate surface area is 91.1 Å². The third-order valence-electron chi connectivity index (χ3n) is 2.88. The summed E-state index contributed by atoms with van der Waals surface area (Å²) < 4.78 is 38.9. The van der Waals surface area contributed by atoms with Gasteiger partial charge < -0.3 is 0 Å². The van der Waals surface area contributed by atoms with Crippen LogP contribution >= 0.6 is 11.6 Å². The average Bonchev–Trinajstić information content (AvgIpc) is 2.88. The van der Waals surface area contributed by atoms with Crippen molar-refractivity contribution in [3.63, 3.8) is 0 Å². The maximum atomic E-state index is 13.3. The first-order valence-electron chi connectivity index (χ1n) is 4.79. The van der Waals surface area contributed by atoms with Crippen LogP contribution in [0, 0.1) is 29.3 Å². The lowest BCUT2D eigenvalue weighted by molar-refractivity contribution is 0.487. The van der Waals surface area contributed by atoms with Crippen LogP contribution in [0.15, 0.2) is 12.1 Å². The Bertz CT molecular complexity index is 392. The van der Waals surface area contributed by atoms with E-state index in [4.69, 9.17) is 11.6 Å². The van der Waals surface area contributed by atoms with E-state index in [0.717, 1.165) is 12.5 Å². The first-order valence-corrected chi connectivity index (χ1v) is 5.23. The summed E-state index contributed by atoms with van der Waals surface area (Å²) in [6.07, 6.45) is 0.909. The number of halogens is 4. The number of alkyl halides is 1. The van der Waals surface area contributed by atoms with E-state index in [1.165, 1.54) is 0 Å². The van der Waals surface area contributed by atoms with Gasteiger partial charge in [-0.2, -0.15) is 0 Å². The van der Waals surface area contributed by atoms with Crippen molar-refractivity contribution in [2.24, 2.45) is 11.8 Å². The Morgan fingerprint density at radius 3 is 2.27 bits per heavy atom. The molecule has 0 bridgehead atoms. The normalized spacial score (nSPS) is 26.5. The Hall–Kier alpha value is -0.700. The number of hydrogen-bond donors (Lipinski definition) is 0. The molecule has 0 radical (unpaired) electrons. The fraction of sp³-hybridized carbons (Fsp3) is 0.455. The molecule has 3 atom stereocenters. The quantitative estimate of drug-likeness (QED) is 0.535. The Balaban J connectivity index is 2.31. The molecule has 0 saturated heterocycles. The van der Waals surface area contributed by atoms with E-state index in [2.05, 4.69) is 0 Å². The Morgan fingerprint density at radius 1 is 1.20 bits per heavy atom. The first-order chi connectivity index (χ1) is 7.00. The molecule has 1 aromatic rings. The summed E-state index contributed by atoms with van der Waals surface area (Å²) in [6, 6.07) is 1.40. The van der Waals surface area contributed by atoms with Crippen LogP contribution in [0.1, 0.15) is 24.3 Å². The van der Waals surface area contributed by atoms with Crippen molar-refractivity contribution in [2.75, 3.05) is 0 Å². The van der Waals surface area contributed by atoms with Gasteiger partial charge in [-0.25, -0.2) is 13.2 Å². The molecule has 0 nitrogen and oxygen atoms in total. The zero-order valence-electron chi connectivity index (χ0n) is 8.11. The Kier molecular flexibility index (Phi) is 2.67. The van der Waals surface area contributed by atoms with Crippen LogP contribution in [0.2, 0.25) is 0 Å². The summed E-state index contributed by atoms with van der Waals surface area (Å²) in [4.78, 5) is 0. The van der Waals surface area contributed by atoms with Crippen LogP contribution in [0.25, 0.3) is 0 Å².